The second kappa shape index (κ2) is 6.10. The minimum absolute atomic E-state index is 0.128. The molecular formula is C12H10N2O5S2. The number of aromatic carboxylic acids is 1. The third-order valence-electron chi connectivity index (χ3n) is 2.53. The summed E-state index contributed by atoms with van der Waals surface area (Å²) in [6.45, 7) is 1.59. The first-order valence-corrected chi connectivity index (χ1v) is 7.27. The summed E-state index contributed by atoms with van der Waals surface area (Å²) in [7, 11) is 1.35. The van der Waals surface area contributed by atoms with Crippen LogP contribution in [0.4, 0.5) is 5.69 Å². The molecule has 0 amide bonds. The Kier molecular flexibility index (Phi) is 4.43. The van der Waals surface area contributed by atoms with Crippen LogP contribution in [0.3, 0.4) is 0 Å². The Morgan fingerprint density at radius 1 is 1.52 bits per heavy atom. The average molecular weight is 326 g/mol. The number of carboxylic acids is 1. The third kappa shape index (κ3) is 3.14. The second-order valence-corrected chi connectivity index (χ2v) is 6.15. The van der Waals surface area contributed by atoms with Gasteiger partial charge in [-0.2, -0.15) is 0 Å². The molecule has 0 unspecified atom stereocenters. The van der Waals surface area contributed by atoms with Crippen LogP contribution in [0, 0.1) is 17.0 Å². The largest absolute Gasteiger partial charge is 0.490 e. The van der Waals surface area contributed by atoms with E-state index in [2.05, 4.69) is 4.98 Å². The highest BCUT2D eigenvalue weighted by molar-refractivity contribution is 8.01. The lowest BCUT2D eigenvalue weighted by Gasteiger charge is -2.04. The first-order chi connectivity index (χ1) is 9.93. The number of para-hydroxylation sites is 1. The number of ether oxygens (including phenoxy) is 1. The molecule has 2 aromatic rings. The molecule has 2 rings (SSSR count). The number of hydrogen-bond acceptors (Lipinski definition) is 7. The molecule has 7 nitrogen and oxygen atoms in total. The molecule has 1 aromatic carbocycles. The molecule has 0 aliphatic carbocycles. The summed E-state index contributed by atoms with van der Waals surface area (Å²) in [6.07, 6.45) is 0. The Bertz CT molecular complexity index is 714. The van der Waals surface area contributed by atoms with Gasteiger partial charge in [-0.3, -0.25) is 10.1 Å². The molecule has 0 atom stereocenters. The molecular weight excluding hydrogens is 316 g/mol. The number of rotatable bonds is 5. The fourth-order valence-electron chi connectivity index (χ4n) is 1.64. The summed E-state index contributed by atoms with van der Waals surface area (Å²) < 4.78 is 5.42. The van der Waals surface area contributed by atoms with Gasteiger partial charge in [-0.25, -0.2) is 9.78 Å². The molecule has 0 aliphatic rings. The zero-order valence-corrected chi connectivity index (χ0v) is 12.7. The fourth-order valence-corrected chi connectivity index (χ4v) is 3.75. The number of aromatic nitrogens is 1. The van der Waals surface area contributed by atoms with Crippen LogP contribution in [-0.2, 0) is 0 Å². The minimum atomic E-state index is -1.06. The van der Waals surface area contributed by atoms with Gasteiger partial charge in [0, 0.05) is 0 Å². The van der Waals surface area contributed by atoms with Crippen molar-refractivity contribution in [3.63, 3.8) is 0 Å². The molecule has 9 heteroatoms. The van der Waals surface area contributed by atoms with Gasteiger partial charge in [-0.05, 0) is 19.1 Å². The van der Waals surface area contributed by atoms with Crippen LogP contribution in [-0.4, -0.2) is 28.1 Å². The molecule has 0 saturated carbocycles. The highest BCUT2D eigenvalue weighted by atomic mass is 32.2. The van der Waals surface area contributed by atoms with Crippen LogP contribution in [0.15, 0.2) is 27.4 Å². The van der Waals surface area contributed by atoms with Crippen LogP contribution in [0.25, 0.3) is 0 Å². The van der Waals surface area contributed by atoms with E-state index >= 15 is 0 Å². The minimum Gasteiger partial charge on any atom is -0.490 e. The van der Waals surface area contributed by atoms with Crippen molar-refractivity contribution in [3.8, 4) is 5.75 Å². The number of hydrogen-bond donors (Lipinski definition) is 1. The normalized spacial score (nSPS) is 10.4. The topological polar surface area (TPSA) is 103 Å². The number of carbonyl (C=O) groups is 1. The summed E-state index contributed by atoms with van der Waals surface area (Å²) in [4.78, 5) is 26.2. The predicted molar refractivity (Wildman–Crippen MR) is 77.6 cm³/mol. The van der Waals surface area contributed by atoms with E-state index in [-0.39, 0.29) is 16.3 Å². The van der Waals surface area contributed by atoms with E-state index in [1.54, 1.807) is 19.1 Å². The highest BCUT2D eigenvalue weighted by Gasteiger charge is 2.23. The number of nitro groups is 1. The molecule has 1 heterocycles. The van der Waals surface area contributed by atoms with Crippen molar-refractivity contribution in [1.29, 1.82) is 0 Å². The SMILES string of the molecule is COc1cccc(Sc2nc(C)c(C(=O)O)s2)c1[N+](=O)[O-]. The van der Waals surface area contributed by atoms with Crippen LogP contribution in [0.5, 0.6) is 5.75 Å². The maximum absolute atomic E-state index is 11.2. The Morgan fingerprint density at radius 2 is 2.24 bits per heavy atom. The van der Waals surface area contributed by atoms with Gasteiger partial charge in [0.2, 0.25) is 0 Å². The number of nitro benzene ring substituents is 1. The van der Waals surface area contributed by atoms with Crippen LogP contribution in [0.2, 0.25) is 0 Å². The van der Waals surface area contributed by atoms with Crippen molar-refractivity contribution in [1.82, 2.24) is 4.98 Å². The lowest BCUT2D eigenvalue weighted by atomic mass is 10.3. The fraction of sp³-hybridized carbons (Fsp3) is 0.167. The standard InChI is InChI=1S/C12H10N2O5S2/c1-6-10(11(15)16)21-12(13-6)20-8-5-3-4-7(19-2)9(8)14(17)18/h3-5H,1-2H3,(H,15,16). The summed E-state index contributed by atoms with van der Waals surface area (Å²) in [5, 5.41) is 20.2. The van der Waals surface area contributed by atoms with Crippen LogP contribution in [0.1, 0.15) is 15.4 Å². The monoisotopic (exact) mass is 326 g/mol. The van der Waals surface area contributed by atoms with Crippen molar-refractivity contribution in [2.75, 3.05) is 7.11 Å². The molecule has 1 N–H and O–H groups in total. The molecule has 0 bridgehead atoms. The first-order valence-electron chi connectivity index (χ1n) is 5.64. The predicted octanol–water partition coefficient (Wildman–Crippen LogP) is 3.22. The van der Waals surface area contributed by atoms with E-state index in [1.807, 2.05) is 0 Å². The van der Waals surface area contributed by atoms with E-state index in [1.165, 1.54) is 13.2 Å². The van der Waals surface area contributed by atoms with Gasteiger partial charge >= 0.3 is 11.7 Å². The van der Waals surface area contributed by atoms with Gasteiger partial charge in [-0.15, -0.1) is 11.3 Å². The van der Waals surface area contributed by atoms with Gasteiger partial charge in [0.1, 0.15) is 4.88 Å². The summed E-state index contributed by atoms with van der Waals surface area (Å²) in [5.74, 6) is -0.909. The Labute approximate surface area is 127 Å². The van der Waals surface area contributed by atoms with Crippen molar-refractivity contribution in [2.24, 2.45) is 0 Å². The number of thiazole rings is 1. The third-order valence-corrected chi connectivity index (χ3v) is 4.79. The molecule has 1 aromatic heterocycles. The molecule has 0 aliphatic heterocycles. The smallest absolute Gasteiger partial charge is 0.347 e. The number of aryl methyl sites for hydroxylation is 1. The Balaban J connectivity index is 2.42. The van der Waals surface area contributed by atoms with E-state index < -0.39 is 10.9 Å². The lowest BCUT2D eigenvalue weighted by Crippen LogP contribution is -1.95. The number of carboxylic acid groups (broad SMARTS) is 1. The molecule has 0 radical (unpaired) electrons. The quantitative estimate of drug-likeness (QED) is 0.664. The van der Waals surface area contributed by atoms with E-state index in [4.69, 9.17) is 9.84 Å². The Hall–Kier alpha value is -2.13. The van der Waals surface area contributed by atoms with E-state index in [9.17, 15) is 14.9 Å². The zero-order chi connectivity index (χ0) is 15.6. The van der Waals surface area contributed by atoms with Crippen molar-refractivity contribution in [3.05, 3.63) is 38.9 Å². The van der Waals surface area contributed by atoms with Crippen LogP contribution >= 0.6 is 23.1 Å². The molecule has 0 fully saturated rings. The summed E-state index contributed by atoms with van der Waals surface area (Å²) >= 11 is 2.03. The number of nitrogens with zero attached hydrogens (tertiary/aromatic N) is 2. The average Bonchev–Trinajstić information content (AvgIpc) is 2.79. The number of benzene rings is 1. The van der Waals surface area contributed by atoms with Gasteiger partial charge in [0.05, 0.1) is 22.6 Å². The maximum atomic E-state index is 11.2. The lowest BCUT2D eigenvalue weighted by molar-refractivity contribution is -0.388. The molecule has 0 saturated heterocycles. The van der Waals surface area contributed by atoms with Crippen molar-refractivity contribution >= 4 is 34.8 Å². The summed E-state index contributed by atoms with van der Waals surface area (Å²) in [6, 6.07) is 4.70. The zero-order valence-electron chi connectivity index (χ0n) is 11.0. The van der Waals surface area contributed by atoms with Gasteiger partial charge in [-0.1, -0.05) is 17.8 Å². The highest BCUT2D eigenvalue weighted by Crippen LogP contribution is 2.41. The second-order valence-electron chi connectivity index (χ2n) is 3.87. The van der Waals surface area contributed by atoms with Gasteiger partial charge in [0.15, 0.2) is 10.1 Å². The van der Waals surface area contributed by atoms with Crippen molar-refractivity contribution < 1.29 is 19.6 Å². The molecule has 0 spiro atoms. The van der Waals surface area contributed by atoms with Crippen LogP contribution < -0.4 is 4.74 Å². The maximum Gasteiger partial charge on any atom is 0.347 e. The first kappa shape index (κ1) is 15.3. The molecule has 110 valence electrons. The Morgan fingerprint density at radius 3 is 2.76 bits per heavy atom. The summed E-state index contributed by atoms with van der Waals surface area (Å²) in [5.41, 5.74) is 0.232. The number of methoxy groups -OCH3 is 1. The molecule has 21 heavy (non-hydrogen) atoms. The van der Waals surface area contributed by atoms with Gasteiger partial charge in [0.25, 0.3) is 0 Å². The van der Waals surface area contributed by atoms with E-state index in [0.717, 1.165) is 23.1 Å². The van der Waals surface area contributed by atoms with Crippen molar-refractivity contribution in [2.45, 2.75) is 16.2 Å². The van der Waals surface area contributed by atoms with Gasteiger partial charge < -0.3 is 9.84 Å². The van der Waals surface area contributed by atoms with E-state index in [0.29, 0.717) is 14.9 Å².